The first kappa shape index (κ1) is 31.6. The van der Waals surface area contributed by atoms with Crippen molar-refractivity contribution in [2.24, 2.45) is 0 Å². The number of ether oxygens (including phenoxy) is 2. The molecule has 1 fully saturated rings. The third-order valence-electron chi connectivity index (χ3n) is 6.97. The van der Waals surface area contributed by atoms with E-state index < -0.39 is 62.9 Å². The molecule has 4 aromatic rings. The van der Waals surface area contributed by atoms with Crippen molar-refractivity contribution in [1.82, 2.24) is 24.6 Å². The van der Waals surface area contributed by atoms with E-state index >= 15 is 0 Å². The lowest BCUT2D eigenvalue weighted by atomic mass is 9.96. The third kappa shape index (κ3) is 5.96. The Balaban J connectivity index is 1.47. The average Bonchev–Trinajstić information content (AvgIpc) is 3.52. The van der Waals surface area contributed by atoms with Crippen LogP contribution < -0.4 is 15.3 Å². The van der Waals surface area contributed by atoms with Crippen molar-refractivity contribution in [3.8, 4) is 5.75 Å². The topological polar surface area (TPSA) is 193 Å². The molecule has 1 aliphatic rings. The number of esters is 1. The number of rotatable bonds is 11. The minimum Gasteiger partial charge on any atom is -0.462 e. The maximum Gasteiger partial charge on any atom is 0.459 e. The number of hydrogen-bond donors (Lipinski definition) is 4. The number of carbonyl (C=O) groups is 1. The first-order valence-corrected chi connectivity index (χ1v) is 15.0. The fourth-order valence-electron chi connectivity index (χ4n) is 4.75. The fourth-order valence-corrected chi connectivity index (χ4v) is 6.30. The lowest BCUT2D eigenvalue weighted by Crippen LogP contribution is -2.53. The number of benzene rings is 2. The van der Waals surface area contributed by atoms with E-state index in [1.165, 1.54) is 13.0 Å². The van der Waals surface area contributed by atoms with Crippen LogP contribution in [0.4, 0.5) is 14.6 Å². The molecule has 6 atom stereocenters. The van der Waals surface area contributed by atoms with E-state index in [-0.39, 0.29) is 22.7 Å². The molecule has 5 N–H and O–H groups in total. The first-order valence-electron chi connectivity index (χ1n) is 13.5. The van der Waals surface area contributed by atoms with Crippen molar-refractivity contribution in [3.05, 3.63) is 55.1 Å². The van der Waals surface area contributed by atoms with Crippen LogP contribution in [0.2, 0.25) is 0 Å². The molecule has 1 aliphatic heterocycles. The van der Waals surface area contributed by atoms with Crippen LogP contribution >= 0.6 is 7.75 Å². The molecule has 0 amide bonds. The highest BCUT2D eigenvalue weighted by molar-refractivity contribution is 7.52. The lowest BCUT2D eigenvalue weighted by Gasteiger charge is -2.32. The molecule has 3 heterocycles. The Morgan fingerprint density at radius 3 is 2.61 bits per heavy atom. The number of alkyl halides is 2. The number of nitrogen functional groups attached to an aromatic ring is 1. The van der Waals surface area contributed by atoms with E-state index in [4.69, 9.17) is 24.3 Å². The molecule has 2 aromatic heterocycles. The third-order valence-corrected chi connectivity index (χ3v) is 8.58. The molecule has 6 unspecified atom stereocenters. The highest BCUT2D eigenvalue weighted by atomic mass is 31.2. The van der Waals surface area contributed by atoms with Gasteiger partial charge in [-0.2, -0.15) is 5.09 Å². The molecule has 14 nitrogen and oxygen atoms in total. The second kappa shape index (κ2) is 12.3. The van der Waals surface area contributed by atoms with E-state index in [0.29, 0.717) is 10.8 Å². The summed E-state index contributed by atoms with van der Waals surface area (Å²) in [6, 6.07) is 10.6. The zero-order valence-electron chi connectivity index (χ0n) is 23.8. The van der Waals surface area contributed by atoms with Gasteiger partial charge in [0.25, 0.3) is 6.43 Å². The predicted molar refractivity (Wildman–Crippen MR) is 153 cm³/mol. The predicted octanol–water partition coefficient (Wildman–Crippen LogP) is 2.95. The first-order chi connectivity index (χ1) is 20.8. The van der Waals surface area contributed by atoms with Crippen LogP contribution in [-0.4, -0.2) is 78.7 Å². The molecule has 44 heavy (non-hydrogen) atoms. The van der Waals surface area contributed by atoms with E-state index in [9.17, 15) is 28.4 Å². The van der Waals surface area contributed by atoms with Gasteiger partial charge in [0.1, 0.15) is 35.8 Å². The summed E-state index contributed by atoms with van der Waals surface area (Å²) < 4.78 is 66.9. The van der Waals surface area contributed by atoms with Gasteiger partial charge in [-0.25, -0.2) is 28.3 Å². The number of imidazole rings is 1. The largest absolute Gasteiger partial charge is 0.462 e. The standard InChI is InChI=1S/C27H31F2N6O8P/c1-14(2)41-25(38)15(3)34-44(39,43-18-10-6-8-16-7-4-5-9-17(16)18)40-11-27(26(28)29)21(37)20(36)24(42-27)35-13-33-19-22(30)31-12-32-23(19)35/h4-10,12-15,20-21,24,26,36-37H,11H2,1-3H3,(H,34,39)(H2,30,31,32). The van der Waals surface area contributed by atoms with Crippen LogP contribution in [0.15, 0.2) is 55.1 Å². The van der Waals surface area contributed by atoms with Crippen LogP contribution in [0.25, 0.3) is 21.9 Å². The molecule has 236 valence electrons. The Morgan fingerprint density at radius 2 is 1.89 bits per heavy atom. The van der Waals surface area contributed by atoms with Gasteiger partial charge >= 0.3 is 13.7 Å². The van der Waals surface area contributed by atoms with E-state index in [1.807, 2.05) is 0 Å². The molecule has 2 aromatic carbocycles. The normalized spacial score (nSPS) is 24.2. The van der Waals surface area contributed by atoms with Crippen LogP contribution in [0, 0.1) is 0 Å². The Morgan fingerprint density at radius 1 is 1.16 bits per heavy atom. The maximum atomic E-state index is 14.8. The number of halogens is 2. The molecule has 0 saturated carbocycles. The van der Waals surface area contributed by atoms with Gasteiger partial charge in [0.15, 0.2) is 23.3 Å². The van der Waals surface area contributed by atoms with Gasteiger partial charge in [0.05, 0.1) is 19.0 Å². The number of nitrogens with one attached hydrogen (secondary N) is 1. The second-order valence-corrected chi connectivity index (χ2v) is 12.2. The molecule has 1 saturated heterocycles. The molecule has 0 aliphatic carbocycles. The second-order valence-electron chi connectivity index (χ2n) is 10.5. The smallest absolute Gasteiger partial charge is 0.459 e. The summed E-state index contributed by atoms with van der Waals surface area (Å²) in [5.74, 6) is -0.759. The van der Waals surface area contributed by atoms with Gasteiger partial charge in [0.2, 0.25) is 0 Å². The molecular formula is C27H31F2N6O8P. The zero-order chi connectivity index (χ0) is 31.8. The van der Waals surface area contributed by atoms with Gasteiger partial charge in [-0.3, -0.25) is 13.9 Å². The van der Waals surface area contributed by atoms with Gasteiger partial charge in [-0.15, -0.1) is 0 Å². The van der Waals surface area contributed by atoms with Crippen LogP contribution in [0.3, 0.4) is 0 Å². The summed E-state index contributed by atoms with van der Waals surface area (Å²) in [5.41, 5.74) is 3.05. The Bertz CT molecular complexity index is 1700. The van der Waals surface area contributed by atoms with Crippen molar-refractivity contribution in [2.75, 3.05) is 12.3 Å². The summed E-state index contributed by atoms with van der Waals surface area (Å²) in [7, 11) is -4.72. The van der Waals surface area contributed by atoms with Crippen LogP contribution in [0.1, 0.15) is 27.0 Å². The lowest BCUT2D eigenvalue weighted by molar-refractivity contribution is -0.191. The number of carbonyl (C=O) groups excluding carboxylic acids is 1. The summed E-state index contributed by atoms with van der Waals surface area (Å²) in [4.78, 5) is 24.4. The number of hydrogen-bond acceptors (Lipinski definition) is 12. The molecular weight excluding hydrogens is 605 g/mol. The molecule has 0 bridgehead atoms. The minimum absolute atomic E-state index is 0.00653. The van der Waals surface area contributed by atoms with Crippen molar-refractivity contribution in [1.29, 1.82) is 0 Å². The van der Waals surface area contributed by atoms with Crippen molar-refractivity contribution in [2.45, 2.75) is 63.4 Å². The van der Waals surface area contributed by atoms with E-state index in [1.54, 1.807) is 50.2 Å². The van der Waals surface area contributed by atoms with Gasteiger partial charge in [-0.1, -0.05) is 36.4 Å². The Labute approximate surface area is 249 Å². The quantitative estimate of drug-likeness (QED) is 0.139. The number of aliphatic hydroxyl groups excluding tert-OH is 2. The summed E-state index contributed by atoms with van der Waals surface area (Å²) >= 11 is 0. The average molecular weight is 637 g/mol. The summed E-state index contributed by atoms with van der Waals surface area (Å²) in [5, 5.41) is 25.4. The Kier molecular flexibility index (Phi) is 8.84. The zero-order valence-corrected chi connectivity index (χ0v) is 24.7. The Hall–Kier alpha value is -3.79. The van der Waals surface area contributed by atoms with Crippen LogP contribution in [-0.2, 0) is 23.4 Å². The monoisotopic (exact) mass is 636 g/mol. The number of aromatic nitrogens is 4. The van der Waals surface area contributed by atoms with E-state index in [0.717, 1.165) is 17.2 Å². The molecule has 5 rings (SSSR count). The van der Waals surface area contributed by atoms with Crippen molar-refractivity contribution in [3.63, 3.8) is 0 Å². The van der Waals surface area contributed by atoms with Gasteiger partial charge < -0.3 is 29.9 Å². The minimum atomic E-state index is -4.72. The molecule has 17 heteroatoms. The number of nitrogens with two attached hydrogens (primary N) is 1. The van der Waals surface area contributed by atoms with Gasteiger partial charge in [-0.05, 0) is 32.2 Å². The number of anilines is 1. The van der Waals surface area contributed by atoms with Crippen molar-refractivity contribution >= 4 is 41.5 Å². The summed E-state index contributed by atoms with van der Waals surface area (Å²) in [6.07, 6.45) is -7.56. The van der Waals surface area contributed by atoms with Crippen LogP contribution in [0.5, 0.6) is 5.75 Å². The number of nitrogens with zero attached hydrogens (tertiary/aromatic N) is 4. The highest BCUT2D eigenvalue weighted by Gasteiger charge is 2.61. The molecule has 0 spiro atoms. The number of aliphatic hydroxyl groups is 2. The highest BCUT2D eigenvalue weighted by Crippen LogP contribution is 2.50. The SMILES string of the molecule is CC(C)OC(=O)C(C)NP(=O)(OCC1(C(F)F)OC(n2cnc3c(N)ncnc32)C(O)C1O)Oc1cccc2ccccc12. The maximum absolute atomic E-state index is 14.8. The van der Waals surface area contributed by atoms with Gasteiger partial charge in [0, 0.05) is 5.39 Å². The van der Waals surface area contributed by atoms with E-state index in [2.05, 4.69) is 20.0 Å². The summed E-state index contributed by atoms with van der Waals surface area (Å²) in [6.45, 7) is 3.31. The number of fused-ring (bicyclic) bond motifs is 2. The van der Waals surface area contributed by atoms with Crippen molar-refractivity contribution < 1.29 is 46.9 Å². The fraction of sp³-hybridized carbons (Fsp3) is 0.407. The molecule has 0 radical (unpaired) electrons.